The molecule has 0 aliphatic rings. The lowest BCUT2D eigenvalue weighted by Crippen LogP contribution is -2.28. The van der Waals surface area contributed by atoms with Crippen LogP contribution in [0.3, 0.4) is 0 Å². The second kappa shape index (κ2) is 8.87. The van der Waals surface area contributed by atoms with E-state index in [1.165, 1.54) is 16.6 Å². The van der Waals surface area contributed by atoms with Crippen molar-refractivity contribution >= 4 is 15.7 Å². The highest BCUT2D eigenvalue weighted by molar-refractivity contribution is 7.89. The number of aromatic nitrogens is 4. The smallest absolute Gasteiger partial charge is 0.240 e. The van der Waals surface area contributed by atoms with Crippen LogP contribution < -0.4 is 9.46 Å². The minimum absolute atomic E-state index is 0.0575. The van der Waals surface area contributed by atoms with Crippen molar-refractivity contribution < 1.29 is 17.5 Å². The summed E-state index contributed by atoms with van der Waals surface area (Å²) in [5.41, 5.74) is 1.99. The molecule has 0 radical (unpaired) electrons. The van der Waals surface area contributed by atoms with Crippen LogP contribution in [0.5, 0.6) is 5.88 Å². The molecule has 4 aromatic rings. The summed E-state index contributed by atoms with van der Waals surface area (Å²) in [6.45, 7) is 6.33. The van der Waals surface area contributed by atoms with Crippen molar-refractivity contribution in [2.45, 2.75) is 31.1 Å². The quantitative estimate of drug-likeness (QED) is 0.416. The molecule has 10 heteroatoms. The Morgan fingerprint density at radius 2 is 1.79 bits per heavy atom. The Balaban J connectivity index is 1.40. The molecular weight excluding hydrogens is 445 g/mol. The molecule has 0 spiro atoms. The van der Waals surface area contributed by atoms with Crippen LogP contribution in [0.2, 0.25) is 0 Å². The number of nitrogens with zero attached hydrogens (tertiary/aromatic N) is 4. The fourth-order valence-electron chi connectivity index (χ4n) is 3.21. The summed E-state index contributed by atoms with van der Waals surface area (Å²) in [5, 5.41) is 12.4. The molecule has 0 aliphatic heterocycles. The summed E-state index contributed by atoms with van der Waals surface area (Å²) in [6, 6.07) is 16.1. The predicted octanol–water partition coefficient (Wildman–Crippen LogP) is 3.59. The van der Waals surface area contributed by atoms with E-state index < -0.39 is 15.8 Å². The van der Waals surface area contributed by atoms with E-state index in [0.29, 0.717) is 17.0 Å². The molecule has 2 aromatic heterocycles. The van der Waals surface area contributed by atoms with E-state index >= 15 is 0 Å². The molecule has 0 aliphatic carbocycles. The second-order valence-corrected chi connectivity index (χ2v) is 10.3. The zero-order valence-electron chi connectivity index (χ0n) is 18.5. The van der Waals surface area contributed by atoms with Gasteiger partial charge in [-0.1, -0.05) is 45.0 Å². The van der Waals surface area contributed by atoms with E-state index in [1.54, 1.807) is 36.4 Å². The molecule has 0 atom stereocenters. The highest BCUT2D eigenvalue weighted by atomic mass is 32.2. The second-order valence-electron chi connectivity index (χ2n) is 8.50. The molecule has 33 heavy (non-hydrogen) atoms. The van der Waals surface area contributed by atoms with Crippen molar-refractivity contribution in [3.8, 4) is 17.3 Å². The van der Waals surface area contributed by atoms with Gasteiger partial charge in [0.2, 0.25) is 15.9 Å². The van der Waals surface area contributed by atoms with Gasteiger partial charge in [0, 0.05) is 18.2 Å². The molecular formula is C23H24FN5O3S. The summed E-state index contributed by atoms with van der Waals surface area (Å²) in [4.78, 5) is 0.194. The molecule has 0 bridgehead atoms. The molecule has 0 fully saturated rings. The Labute approximate surface area is 191 Å². The third kappa shape index (κ3) is 5.18. The molecule has 0 unspecified atom stereocenters. The average molecular weight is 470 g/mol. The minimum atomic E-state index is -3.66. The maximum absolute atomic E-state index is 13.6. The van der Waals surface area contributed by atoms with Crippen molar-refractivity contribution in [2.24, 2.45) is 0 Å². The van der Waals surface area contributed by atoms with Gasteiger partial charge in [0.1, 0.15) is 12.4 Å². The van der Waals surface area contributed by atoms with Crippen LogP contribution in [-0.4, -0.2) is 41.4 Å². The van der Waals surface area contributed by atoms with Crippen LogP contribution in [0.1, 0.15) is 26.3 Å². The van der Waals surface area contributed by atoms with Gasteiger partial charge in [-0.25, -0.2) is 17.5 Å². The van der Waals surface area contributed by atoms with Gasteiger partial charge in [0.15, 0.2) is 11.5 Å². The first-order valence-electron chi connectivity index (χ1n) is 10.3. The largest absolute Gasteiger partial charge is 0.475 e. The van der Waals surface area contributed by atoms with Gasteiger partial charge >= 0.3 is 0 Å². The summed E-state index contributed by atoms with van der Waals surface area (Å²) in [6.07, 6.45) is 0. The van der Waals surface area contributed by atoms with Gasteiger partial charge < -0.3 is 4.74 Å². The third-order valence-corrected chi connectivity index (χ3v) is 6.47. The number of ether oxygens (including phenoxy) is 1. The van der Waals surface area contributed by atoms with E-state index in [1.807, 2.05) is 12.1 Å². The molecule has 2 heterocycles. The van der Waals surface area contributed by atoms with Crippen LogP contribution in [0.15, 0.2) is 65.6 Å². The molecule has 0 saturated heterocycles. The van der Waals surface area contributed by atoms with Gasteiger partial charge in [0.05, 0.1) is 4.90 Å². The van der Waals surface area contributed by atoms with Gasteiger partial charge in [0.25, 0.3) is 0 Å². The fourth-order valence-corrected chi connectivity index (χ4v) is 4.22. The van der Waals surface area contributed by atoms with Gasteiger partial charge in [-0.05, 0) is 41.3 Å². The molecule has 0 saturated carbocycles. The number of rotatable bonds is 7. The highest BCUT2D eigenvalue weighted by Crippen LogP contribution is 2.23. The Hall–Kier alpha value is -3.37. The lowest BCUT2D eigenvalue weighted by Gasteiger charge is -2.19. The molecule has 0 amide bonds. The predicted molar refractivity (Wildman–Crippen MR) is 122 cm³/mol. The highest BCUT2D eigenvalue weighted by Gasteiger charge is 2.17. The van der Waals surface area contributed by atoms with Gasteiger partial charge in [-0.15, -0.1) is 15.3 Å². The standard InChI is InChI=1S/C23H24FN5O3S/c1-23(2,3)17-7-9-19(10-8-17)33(30,31)25-13-14-32-21-12-11-20-26-27-22(29(20)28-21)16-5-4-6-18(24)15-16/h4-12,15,25H,13-14H2,1-3H3. The Morgan fingerprint density at radius 1 is 1.03 bits per heavy atom. The molecule has 8 nitrogen and oxygen atoms in total. The summed E-state index contributed by atoms with van der Waals surface area (Å²) >= 11 is 0. The number of fused-ring (bicyclic) bond motifs is 1. The van der Waals surface area contributed by atoms with Crippen LogP contribution in [0.4, 0.5) is 4.39 Å². The van der Waals surface area contributed by atoms with Crippen LogP contribution in [-0.2, 0) is 15.4 Å². The number of halogens is 1. The zero-order chi connectivity index (χ0) is 23.6. The number of benzene rings is 2. The zero-order valence-corrected chi connectivity index (χ0v) is 19.3. The van der Waals surface area contributed by atoms with E-state index in [2.05, 4.69) is 40.8 Å². The number of hydrogen-bond donors (Lipinski definition) is 1. The monoisotopic (exact) mass is 469 g/mol. The summed E-state index contributed by atoms with van der Waals surface area (Å²) in [7, 11) is -3.66. The lowest BCUT2D eigenvalue weighted by molar-refractivity contribution is 0.306. The van der Waals surface area contributed by atoms with Gasteiger partial charge in [-0.2, -0.15) is 4.52 Å². The SMILES string of the molecule is CC(C)(C)c1ccc(S(=O)(=O)NCCOc2ccc3nnc(-c4cccc(F)c4)n3n2)cc1. The molecule has 4 rings (SSSR count). The first kappa shape index (κ1) is 22.8. The van der Waals surface area contributed by atoms with E-state index in [4.69, 9.17) is 4.74 Å². The first-order valence-corrected chi connectivity index (χ1v) is 11.8. The maximum atomic E-state index is 13.6. The van der Waals surface area contributed by atoms with Crippen molar-refractivity contribution in [3.63, 3.8) is 0 Å². The maximum Gasteiger partial charge on any atom is 0.240 e. The molecule has 172 valence electrons. The van der Waals surface area contributed by atoms with Crippen molar-refractivity contribution in [1.82, 2.24) is 24.5 Å². The summed E-state index contributed by atoms with van der Waals surface area (Å²) in [5.74, 6) is 0.236. The first-order chi connectivity index (χ1) is 15.6. The van der Waals surface area contributed by atoms with Crippen LogP contribution >= 0.6 is 0 Å². The molecule has 2 aromatic carbocycles. The molecule has 1 N–H and O–H groups in total. The Kier molecular flexibility index (Phi) is 6.13. The Bertz CT molecular complexity index is 1380. The fraction of sp³-hybridized carbons (Fsp3) is 0.261. The van der Waals surface area contributed by atoms with Crippen LogP contribution in [0.25, 0.3) is 17.0 Å². The van der Waals surface area contributed by atoms with E-state index in [-0.39, 0.29) is 29.3 Å². The Morgan fingerprint density at radius 3 is 2.48 bits per heavy atom. The number of nitrogens with one attached hydrogen (secondary N) is 1. The van der Waals surface area contributed by atoms with Crippen LogP contribution in [0, 0.1) is 5.82 Å². The third-order valence-electron chi connectivity index (χ3n) is 5.00. The van der Waals surface area contributed by atoms with Gasteiger partial charge in [-0.3, -0.25) is 0 Å². The van der Waals surface area contributed by atoms with Crippen molar-refractivity contribution in [1.29, 1.82) is 0 Å². The van der Waals surface area contributed by atoms with E-state index in [9.17, 15) is 12.8 Å². The van der Waals surface area contributed by atoms with Crippen molar-refractivity contribution in [3.05, 3.63) is 72.0 Å². The van der Waals surface area contributed by atoms with E-state index in [0.717, 1.165) is 5.56 Å². The number of sulfonamides is 1. The van der Waals surface area contributed by atoms with Crippen molar-refractivity contribution in [2.75, 3.05) is 13.2 Å². The lowest BCUT2D eigenvalue weighted by atomic mass is 9.87. The number of hydrogen-bond acceptors (Lipinski definition) is 6. The summed E-state index contributed by atoms with van der Waals surface area (Å²) < 4.78 is 48.2. The normalized spacial score (nSPS) is 12.2. The average Bonchev–Trinajstić information content (AvgIpc) is 3.19. The minimum Gasteiger partial charge on any atom is -0.475 e. The topological polar surface area (TPSA) is 98.5 Å².